The van der Waals surface area contributed by atoms with Gasteiger partial charge in [0.15, 0.2) is 0 Å². The third-order valence-corrected chi connectivity index (χ3v) is 5.55. The maximum absolute atomic E-state index is 2.53. The van der Waals surface area contributed by atoms with E-state index in [2.05, 4.69) is 55.2 Å². The van der Waals surface area contributed by atoms with Crippen LogP contribution in [0.15, 0.2) is 30.3 Å². The van der Waals surface area contributed by atoms with Crippen LogP contribution in [0.1, 0.15) is 19.4 Å². The Morgan fingerprint density at radius 2 is 1.93 bits per heavy atom. The van der Waals surface area contributed by atoms with E-state index in [1.54, 1.807) is 4.46 Å². The van der Waals surface area contributed by atoms with Gasteiger partial charge in [0, 0.05) is 0 Å². The topological polar surface area (TPSA) is 3.24 Å². The molecule has 2 rings (SSSR count). The molecule has 0 fully saturated rings. The Balaban J connectivity index is 2.18. The van der Waals surface area contributed by atoms with E-state index in [1.807, 2.05) is 0 Å². The van der Waals surface area contributed by atoms with E-state index in [0.29, 0.717) is 19.9 Å². The van der Waals surface area contributed by atoms with Gasteiger partial charge < -0.3 is 0 Å². The van der Waals surface area contributed by atoms with Crippen LogP contribution in [0.3, 0.4) is 0 Å². The molecular weight excluding hydrogens is 249 g/mol. The Bertz CT molecular complexity index is 355. The standard InChI is InChI=1S/C13H17NSe/c1-3-14(4-2)13-10-9-11-7-5-6-8-12(11)15-13/h5-10,13H,3-4H2,1-2H3. The summed E-state index contributed by atoms with van der Waals surface area (Å²) in [5.74, 6) is 0. The summed E-state index contributed by atoms with van der Waals surface area (Å²) in [5.41, 5.74) is 1.42. The van der Waals surface area contributed by atoms with Gasteiger partial charge in [0.25, 0.3) is 0 Å². The van der Waals surface area contributed by atoms with Crippen molar-refractivity contribution in [2.75, 3.05) is 13.1 Å². The SMILES string of the molecule is CCN(CC)C1C=Cc2ccccc2[Se]1. The Morgan fingerprint density at radius 1 is 1.20 bits per heavy atom. The molecule has 1 aromatic carbocycles. The van der Waals surface area contributed by atoms with E-state index in [4.69, 9.17) is 0 Å². The van der Waals surface area contributed by atoms with Gasteiger partial charge in [-0.25, -0.2) is 0 Å². The summed E-state index contributed by atoms with van der Waals surface area (Å²) in [6, 6.07) is 8.76. The van der Waals surface area contributed by atoms with Crippen molar-refractivity contribution in [3.63, 3.8) is 0 Å². The molecule has 80 valence electrons. The Labute approximate surface area is 98.3 Å². The predicted molar refractivity (Wildman–Crippen MR) is 67.6 cm³/mol. The molecule has 0 aliphatic carbocycles. The Hall–Kier alpha value is -0.561. The quantitative estimate of drug-likeness (QED) is 0.753. The average molecular weight is 266 g/mol. The second-order valence-electron chi connectivity index (χ2n) is 3.63. The normalized spacial score (nSPS) is 19.3. The van der Waals surface area contributed by atoms with Gasteiger partial charge in [-0.15, -0.1) is 0 Å². The number of rotatable bonds is 3. The second kappa shape index (κ2) is 4.98. The van der Waals surface area contributed by atoms with Crippen molar-refractivity contribution < 1.29 is 0 Å². The van der Waals surface area contributed by atoms with Gasteiger partial charge in [0.05, 0.1) is 0 Å². The molecule has 15 heavy (non-hydrogen) atoms. The van der Waals surface area contributed by atoms with Crippen LogP contribution in [0.25, 0.3) is 6.08 Å². The van der Waals surface area contributed by atoms with Crippen molar-refractivity contribution in [3.05, 3.63) is 35.9 Å². The molecule has 1 heterocycles. The van der Waals surface area contributed by atoms with Gasteiger partial charge >= 0.3 is 98.2 Å². The molecule has 0 saturated carbocycles. The summed E-state index contributed by atoms with van der Waals surface area (Å²) in [7, 11) is 0. The molecule has 1 atom stereocenters. The van der Waals surface area contributed by atoms with Gasteiger partial charge in [-0.3, -0.25) is 0 Å². The molecule has 0 amide bonds. The van der Waals surface area contributed by atoms with Crippen LogP contribution in [0.2, 0.25) is 0 Å². The van der Waals surface area contributed by atoms with E-state index >= 15 is 0 Å². The number of benzene rings is 1. The first kappa shape index (κ1) is 10.9. The van der Waals surface area contributed by atoms with Crippen molar-refractivity contribution in [2.45, 2.75) is 18.8 Å². The molecule has 0 bridgehead atoms. The third-order valence-electron chi connectivity index (χ3n) is 2.78. The molecule has 1 nitrogen and oxygen atoms in total. The van der Waals surface area contributed by atoms with Gasteiger partial charge in [0.2, 0.25) is 0 Å². The Kier molecular flexibility index (Phi) is 3.63. The summed E-state index contributed by atoms with van der Waals surface area (Å²) < 4.78 is 1.55. The van der Waals surface area contributed by atoms with E-state index in [-0.39, 0.29) is 0 Å². The average Bonchev–Trinajstić information content (AvgIpc) is 2.30. The number of hydrogen-bond acceptors (Lipinski definition) is 1. The van der Waals surface area contributed by atoms with Crippen molar-refractivity contribution in [1.29, 1.82) is 0 Å². The van der Waals surface area contributed by atoms with Gasteiger partial charge in [0.1, 0.15) is 0 Å². The van der Waals surface area contributed by atoms with E-state index < -0.39 is 0 Å². The summed E-state index contributed by atoms with van der Waals surface area (Å²) in [6.45, 7) is 6.78. The first-order valence-electron chi connectivity index (χ1n) is 5.53. The summed E-state index contributed by atoms with van der Waals surface area (Å²) in [6.07, 6.45) is 4.65. The second-order valence-corrected chi connectivity index (χ2v) is 6.06. The molecule has 0 aromatic heterocycles. The maximum atomic E-state index is 2.53. The van der Waals surface area contributed by atoms with Gasteiger partial charge in [-0.1, -0.05) is 0 Å². The number of hydrogen-bond donors (Lipinski definition) is 0. The monoisotopic (exact) mass is 267 g/mol. The molecular formula is C13H17NSe. The zero-order valence-electron chi connectivity index (χ0n) is 9.31. The summed E-state index contributed by atoms with van der Waals surface area (Å²) >= 11 is 0.567. The van der Waals surface area contributed by atoms with E-state index in [9.17, 15) is 0 Å². The minimum absolute atomic E-state index is 0.567. The van der Waals surface area contributed by atoms with Crippen molar-refractivity contribution in [1.82, 2.24) is 4.90 Å². The number of likely N-dealkylation sites (N-methyl/N-ethyl adjacent to an activating group) is 1. The van der Waals surface area contributed by atoms with E-state index in [0.717, 1.165) is 13.1 Å². The van der Waals surface area contributed by atoms with E-state index in [1.165, 1.54) is 5.56 Å². The van der Waals surface area contributed by atoms with Crippen LogP contribution >= 0.6 is 0 Å². The number of nitrogens with zero attached hydrogens (tertiary/aromatic N) is 1. The fourth-order valence-corrected chi connectivity index (χ4v) is 4.58. The molecule has 1 aromatic rings. The zero-order chi connectivity index (χ0) is 10.7. The molecule has 0 radical (unpaired) electrons. The summed E-state index contributed by atoms with van der Waals surface area (Å²) in [5, 5.41) is 0. The first-order chi connectivity index (χ1) is 7.35. The van der Waals surface area contributed by atoms with Gasteiger partial charge in [-0.2, -0.15) is 0 Å². The van der Waals surface area contributed by atoms with Crippen LogP contribution in [-0.2, 0) is 0 Å². The minimum atomic E-state index is 0.567. The molecule has 1 aliphatic rings. The molecule has 0 saturated heterocycles. The summed E-state index contributed by atoms with van der Waals surface area (Å²) in [4.78, 5) is 3.19. The van der Waals surface area contributed by atoms with Crippen molar-refractivity contribution in [3.8, 4) is 0 Å². The molecule has 1 unspecified atom stereocenters. The third kappa shape index (κ3) is 2.34. The van der Waals surface area contributed by atoms with Crippen molar-refractivity contribution in [2.24, 2.45) is 0 Å². The van der Waals surface area contributed by atoms with Crippen LogP contribution in [0, 0.1) is 0 Å². The van der Waals surface area contributed by atoms with Crippen LogP contribution < -0.4 is 4.46 Å². The van der Waals surface area contributed by atoms with Crippen LogP contribution in [0.5, 0.6) is 0 Å². The fraction of sp³-hybridized carbons (Fsp3) is 0.385. The fourth-order valence-electron chi connectivity index (χ4n) is 1.86. The molecule has 0 spiro atoms. The Morgan fingerprint density at radius 3 is 2.67 bits per heavy atom. The zero-order valence-corrected chi connectivity index (χ0v) is 11.0. The van der Waals surface area contributed by atoms with Crippen LogP contribution in [0.4, 0.5) is 0 Å². The molecule has 2 heteroatoms. The first-order valence-corrected chi connectivity index (χ1v) is 7.37. The van der Waals surface area contributed by atoms with Crippen molar-refractivity contribution >= 4 is 25.5 Å². The number of fused-ring (bicyclic) bond motifs is 1. The van der Waals surface area contributed by atoms with Crippen LogP contribution in [-0.4, -0.2) is 37.9 Å². The molecule has 0 N–H and O–H groups in total. The van der Waals surface area contributed by atoms with Gasteiger partial charge in [-0.05, 0) is 0 Å². The molecule has 1 aliphatic heterocycles. The predicted octanol–water partition coefficient (Wildman–Crippen LogP) is 1.71.